The summed E-state index contributed by atoms with van der Waals surface area (Å²) in [6.07, 6.45) is 0.583. The number of amides is 1. The topological polar surface area (TPSA) is 62.1 Å². The predicted molar refractivity (Wildman–Crippen MR) is 83.9 cm³/mol. The van der Waals surface area contributed by atoms with Crippen molar-refractivity contribution in [2.45, 2.75) is 6.42 Å². The SMILES string of the molecule is N#Cc1cccc(NC(=O)C2COc3ccc(Cl)cc3C2)c1. The molecule has 0 fully saturated rings. The molecule has 0 aromatic heterocycles. The van der Waals surface area contributed by atoms with Crippen LogP contribution in [0.15, 0.2) is 42.5 Å². The van der Waals surface area contributed by atoms with Crippen molar-refractivity contribution in [3.05, 3.63) is 58.6 Å². The zero-order valence-corrected chi connectivity index (χ0v) is 12.4. The van der Waals surface area contributed by atoms with Gasteiger partial charge in [-0.3, -0.25) is 4.79 Å². The quantitative estimate of drug-likeness (QED) is 0.924. The monoisotopic (exact) mass is 312 g/mol. The summed E-state index contributed by atoms with van der Waals surface area (Å²) in [5, 5.41) is 12.3. The predicted octanol–water partition coefficient (Wildman–Crippen LogP) is 3.40. The highest BCUT2D eigenvalue weighted by atomic mass is 35.5. The first kappa shape index (κ1) is 14.4. The van der Waals surface area contributed by atoms with E-state index in [1.807, 2.05) is 18.2 Å². The molecule has 1 N–H and O–H groups in total. The Morgan fingerprint density at radius 1 is 1.32 bits per heavy atom. The molecule has 0 spiro atoms. The molecule has 5 heteroatoms. The van der Waals surface area contributed by atoms with Crippen molar-refractivity contribution < 1.29 is 9.53 Å². The summed E-state index contributed by atoms with van der Waals surface area (Å²) in [4.78, 5) is 12.4. The van der Waals surface area contributed by atoms with Crippen LogP contribution in [0.25, 0.3) is 0 Å². The van der Waals surface area contributed by atoms with Gasteiger partial charge in [-0.1, -0.05) is 17.7 Å². The Hall–Kier alpha value is -2.51. The second-order valence-electron chi connectivity index (χ2n) is 5.15. The Morgan fingerprint density at radius 2 is 2.18 bits per heavy atom. The van der Waals surface area contributed by atoms with Crippen LogP contribution in [-0.4, -0.2) is 12.5 Å². The van der Waals surface area contributed by atoms with Crippen LogP contribution >= 0.6 is 11.6 Å². The Labute approximate surface area is 133 Å². The van der Waals surface area contributed by atoms with Gasteiger partial charge in [-0.2, -0.15) is 5.26 Å². The highest BCUT2D eigenvalue weighted by Gasteiger charge is 2.26. The van der Waals surface area contributed by atoms with Crippen molar-refractivity contribution in [2.24, 2.45) is 5.92 Å². The van der Waals surface area contributed by atoms with Crippen LogP contribution < -0.4 is 10.1 Å². The number of rotatable bonds is 2. The number of nitrogens with zero attached hydrogens (tertiary/aromatic N) is 1. The second-order valence-corrected chi connectivity index (χ2v) is 5.58. The minimum Gasteiger partial charge on any atom is -0.492 e. The largest absolute Gasteiger partial charge is 0.492 e. The molecule has 1 heterocycles. The molecule has 1 aliphatic heterocycles. The maximum Gasteiger partial charge on any atom is 0.231 e. The molecule has 4 nitrogen and oxygen atoms in total. The number of hydrogen-bond acceptors (Lipinski definition) is 3. The summed E-state index contributed by atoms with van der Waals surface area (Å²) >= 11 is 5.98. The van der Waals surface area contributed by atoms with Gasteiger partial charge in [0.2, 0.25) is 5.91 Å². The van der Waals surface area contributed by atoms with Crippen LogP contribution in [0.4, 0.5) is 5.69 Å². The third-order valence-electron chi connectivity index (χ3n) is 3.56. The van der Waals surface area contributed by atoms with Gasteiger partial charge < -0.3 is 10.1 Å². The fourth-order valence-corrected chi connectivity index (χ4v) is 2.64. The van der Waals surface area contributed by atoms with E-state index in [2.05, 4.69) is 5.32 Å². The molecule has 2 aromatic carbocycles. The van der Waals surface area contributed by atoms with Gasteiger partial charge in [0.15, 0.2) is 0 Å². The third-order valence-corrected chi connectivity index (χ3v) is 3.79. The van der Waals surface area contributed by atoms with E-state index in [-0.39, 0.29) is 11.8 Å². The minimum absolute atomic E-state index is 0.124. The molecular formula is C17H13ClN2O2. The summed E-state index contributed by atoms with van der Waals surface area (Å²) in [6, 6.07) is 14.3. The number of halogens is 1. The fourth-order valence-electron chi connectivity index (χ4n) is 2.44. The lowest BCUT2D eigenvalue weighted by atomic mass is 9.96. The van der Waals surface area contributed by atoms with E-state index in [9.17, 15) is 4.79 Å². The first-order valence-corrected chi connectivity index (χ1v) is 7.26. The molecule has 1 amide bonds. The molecule has 0 radical (unpaired) electrons. The maximum atomic E-state index is 12.4. The molecule has 110 valence electrons. The third kappa shape index (κ3) is 3.05. The van der Waals surface area contributed by atoms with Gasteiger partial charge in [-0.15, -0.1) is 0 Å². The second kappa shape index (κ2) is 6.08. The van der Waals surface area contributed by atoms with Crippen molar-refractivity contribution >= 4 is 23.2 Å². The molecule has 3 rings (SSSR count). The van der Waals surface area contributed by atoms with Gasteiger partial charge in [-0.05, 0) is 48.4 Å². The highest BCUT2D eigenvalue weighted by molar-refractivity contribution is 6.30. The van der Waals surface area contributed by atoms with Gasteiger partial charge in [-0.25, -0.2) is 0 Å². The number of nitrogens with one attached hydrogen (secondary N) is 1. The molecule has 0 saturated carbocycles. The molecule has 1 aliphatic rings. The van der Waals surface area contributed by atoms with E-state index in [4.69, 9.17) is 21.6 Å². The van der Waals surface area contributed by atoms with Gasteiger partial charge in [0.05, 0.1) is 17.6 Å². The fraction of sp³-hybridized carbons (Fsp3) is 0.176. The lowest BCUT2D eigenvalue weighted by molar-refractivity contribution is -0.121. The molecule has 1 unspecified atom stereocenters. The minimum atomic E-state index is -0.281. The highest BCUT2D eigenvalue weighted by Crippen LogP contribution is 2.30. The lowest BCUT2D eigenvalue weighted by Crippen LogP contribution is -2.32. The Balaban J connectivity index is 1.72. The van der Waals surface area contributed by atoms with Crippen molar-refractivity contribution in [3.63, 3.8) is 0 Å². The van der Waals surface area contributed by atoms with E-state index in [0.29, 0.717) is 29.3 Å². The average Bonchev–Trinajstić information content (AvgIpc) is 2.54. The zero-order valence-electron chi connectivity index (χ0n) is 11.7. The van der Waals surface area contributed by atoms with Crippen LogP contribution in [0.5, 0.6) is 5.75 Å². The van der Waals surface area contributed by atoms with Gasteiger partial charge in [0, 0.05) is 10.7 Å². The smallest absolute Gasteiger partial charge is 0.231 e. The summed E-state index contributed by atoms with van der Waals surface area (Å²) < 4.78 is 5.62. The first-order valence-electron chi connectivity index (χ1n) is 6.88. The molecule has 2 aromatic rings. The van der Waals surface area contributed by atoms with Gasteiger partial charge in [0.25, 0.3) is 0 Å². The average molecular weight is 313 g/mol. The number of fused-ring (bicyclic) bond motifs is 1. The standard InChI is InChI=1S/C17H13ClN2O2/c18-14-4-5-16-12(8-14)7-13(10-22-16)17(21)20-15-3-1-2-11(6-15)9-19/h1-6,8,13H,7,10H2,(H,20,21). The molecule has 0 saturated heterocycles. The number of carbonyl (C=O) groups is 1. The van der Waals surface area contributed by atoms with E-state index in [1.165, 1.54) is 0 Å². The van der Waals surface area contributed by atoms with E-state index in [1.54, 1.807) is 30.3 Å². The van der Waals surface area contributed by atoms with Gasteiger partial charge >= 0.3 is 0 Å². The van der Waals surface area contributed by atoms with E-state index in [0.717, 1.165) is 11.3 Å². The zero-order chi connectivity index (χ0) is 15.5. The molecular weight excluding hydrogens is 300 g/mol. The number of nitriles is 1. The van der Waals surface area contributed by atoms with Crippen LogP contribution in [-0.2, 0) is 11.2 Å². The summed E-state index contributed by atoms with van der Waals surface area (Å²) in [5.74, 6) is 0.373. The maximum absolute atomic E-state index is 12.4. The number of benzene rings is 2. The summed E-state index contributed by atoms with van der Waals surface area (Å²) in [7, 11) is 0. The van der Waals surface area contributed by atoms with Gasteiger partial charge in [0.1, 0.15) is 12.4 Å². The Morgan fingerprint density at radius 3 is 3.00 bits per heavy atom. The van der Waals surface area contributed by atoms with Crippen molar-refractivity contribution in [3.8, 4) is 11.8 Å². The summed E-state index contributed by atoms with van der Waals surface area (Å²) in [6.45, 7) is 0.332. The van der Waals surface area contributed by atoms with Crippen LogP contribution in [0, 0.1) is 17.2 Å². The Kier molecular flexibility index (Phi) is 3.99. The van der Waals surface area contributed by atoms with Crippen molar-refractivity contribution in [2.75, 3.05) is 11.9 Å². The van der Waals surface area contributed by atoms with Crippen molar-refractivity contribution in [1.29, 1.82) is 5.26 Å². The molecule has 0 bridgehead atoms. The first-order chi connectivity index (χ1) is 10.7. The number of ether oxygens (including phenoxy) is 1. The van der Waals surface area contributed by atoms with Crippen molar-refractivity contribution in [1.82, 2.24) is 0 Å². The molecule has 1 atom stereocenters. The Bertz CT molecular complexity index is 767. The number of hydrogen-bond donors (Lipinski definition) is 1. The normalized spacial score (nSPS) is 16.1. The number of anilines is 1. The van der Waals surface area contributed by atoms with Crippen LogP contribution in [0.3, 0.4) is 0 Å². The van der Waals surface area contributed by atoms with Crippen LogP contribution in [0.1, 0.15) is 11.1 Å². The van der Waals surface area contributed by atoms with E-state index >= 15 is 0 Å². The van der Waals surface area contributed by atoms with E-state index < -0.39 is 0 Å². The molecule has 0 aliphatic carbocycles. The summed E-state index contributed by atoms with van der Waals surface area (Å²) in [5.41, 5.74) is 2.06. The van der Waals surface area contributed by atoms with Crippen LogP contribution in [0.2, 0.25) is 5.02 Å². The lowest BCUT2D eigenvalue weighted by Gasteiger charge is -2.24. The molecule has 22 heavy (non-hydrogen) atoms. The number of carbonyl (C=O) groups excluding carboxylic acids is 1.